The minimum atomic E-state index is -3.59. The molecule has 1 heterocycles. The van der Waals surface area contributed by atoms with Crippen LogP contribution in [0.25, 0.3) is 0 Å². The van der Waals surface area contributed by atoms with Crippen LogP contribution in [0.3, 0.4) is 0 Å². The van der Waals surface area contributed by atoms with Crippen LogP contribution in [0.15, 0.2) is 33.6 Å². The molecule has 0 aliphatic carbocycles. The van der Waals surface area contributed by atoms with Crippen molar-refractivity contribution in [2.45, 2.75) is 17.4 Å². The molecule has 0 aromatic heterocycles. The van der Waals surface area contributed by atoms with Gasteiger partial charge >= 0.3 is 0 Å². The molecule has 0 spiro atoms. The predicted octanol–water partition coefficient (Wildman–Crippen LogP) is 2.25. The smallest absolute Gasteiger partial charge is 0.240 e. The van der Waals surface area contributed by atoms with Crippen molar-refractivity contribution in [3.8, 4) is 0 Å². The van der Waals surface area contributed by atoms with E-state index in [2.05, 4.69) is 20.7 Å². The molecule has 5 nitrogen and oxygen atoms in total. The molecule has 0 bridgehead atoms. The van der Waals surface area contributed by atoms with Crippen LogP contribution in [0.2, 0.25) is 0 Å². The third kappa shape index (κ3) is 3.46. The lowest BCUT2D eigenvalue weighted by Crippen LogP contribution is -2.35. The third-order valence-corrected chi connectivity index (χ3v) is 6.60. The molecule has 1 aromatic carbocycles. The fraction of sp³-hybridized carbons (Fsp3) is 0.400. The molecule has 8 heteroatoms. The summed E-state index contributed by atoms with van der Waals surface area (Å²) < 4.78 is 46.3. The number of benzene rings is 1. The van der Waals surface area contributed by atoms with Gasteiger partial charge in [0.15, 0.2) is 0 Å². The molecule has 1 unspecified atom stereocenters. The van der Waals surface area contributed by atoms with Crippen molar-refractivity contribution in [2.24, 2.45) is 0 Å². The summed E-state index contributed by atoms with van der Waals surface area (Å²) in [5.74, 6) is 0.364. The first-order valence-electron chi connectivity index (χ1n) is 5.30. The van der Waals surface area contributed by atoms with Gasteiger partial charge in [0.1, 0.15) is 0 Å². The van der Waals surface area contributed by atoms with E-state index in [-0.39, 0.29) is 16.4 Å². The van der Waals surface area contributed by atoms with Gasteiger partial charge in [0.2, 0.25) is 10.0 Å². The largest absolute Gasteiger partial charge is 0.299 e. The lowest BCUT2D eigenvalue weighted by atomic mass is 10.3. The summed E-state index contributed by atoms with van der Waals surface area (Å²) in [5, 5.41) is 0. The van der Waals surface area contributed by atoms with E-state index in [4.69, 9.17) is 0 Å². The van der Waals surface area contributed by atoms with Gasteiger partial charge in [-0.15, -0.1) is 0 Å². The standard InChI is InChI=1S/C10H14BrNO4S2/c11-8-1-3-10(4-2-8)18(15,16)12-9-5-6-17(13,14)7-9/h1-4,9,12-14H,5-7H2. The van der Waals surface area contributed by atoms with Gasteiger partial charge in [-0.25, -0.2) is 13.1 Å². The van der Waals surface area contributed by atoms with E-state index in [0.717, 1.165) is 4.47 Å². The zero-order valence-electron chi connectivity index (χ0n) is 9.41. The molecule has 2 rings (SSSR count). The molecule has 0 amide bonds. The van der Waals surface area contributed by atoms with E-state index in [1.807, 2.05) is 0 Å². The predicted molar refractivity (Wildman–Crippen MR) is 75.5 cm³/mol. The lowest BCUT2D eigenvalue weighted by Gasteiger charge is -2.26. The highest BCUT2D eigenvalue weighted by molar-refractivity contribution is 9.10. The summed E-state index contributed by atoms with van der Waals surface area (Å²) in [6, 6.07) is 5.90. The number of nitrogens with one attached hydrogen (secondary N) is 1. The molecular formula is C10H14BrNO4S2. The molecule has 1 aliphatic rings. The van der Waals surface area contributed by atoms with Gasteiger partial charge < -0.3 is 0 Å². The zero-order valence-corrected chi connectivity index (χ0v) is 12.6. The van der Waals surface area contributed by atoms with Crippen molar-refractivity contribution in [2.75, 3.05) is 11.5 Å². The number of hydrogen-bond acceptors (Lipinski definition) is 4. The first-order chi connectivity index (χ1) is 8.28. The molecule has 1 saturated heterocycles. The van der Waals surface area contributed by atoms with Gasteiger partial charge in [-0.05, 0) is 30.7 Å². The molecule has 18 heavy (non-hydrogen) atoms. The lowest BCUT2D eigenvalue weighted by molar-refractivity contribution is 0.494. The summed E-state index contributed by atoms with van der Waals surface area (Å²) >= 11 is 3.24. The summed E-state index contributed by atoms with van der Waals surface area (Å²) in [7, 11) is -6.18. The quantitative estimate of drug-likeness (QED) is 0.775. The SMILES string of the molecule is O=S(=O)(NC1CCS(O)(O)C1)c1ccc(Br)cc1. The Labute approximate surface area is 116 Å². The number of hydrogen-bond donors (Lipinski definition) is 3. The van der Waals surface area contributed by atoms with Gasteiger partial charge in [0, 0.05) is 16.3 Å². The molecular weight excluding hydrogens is 342 g/mol. The second-order valence-electron chi connectivity index (χ2n) is 4.23. The number of rotatable bonds is 3. The average molecular weight is 356 g/mol. The van der Waals surface area contributed by atoms with E-state index in [9.17, 15) is 17.5 Å². The van der Waals surface area contributed by atoms with E-state index >= 15 is 0 Å². The Balaban J connectivity index is 2.11. The highest BCUT2D eigenvalue weighted by Gasteiger charge is 2.31. The molecule has 3 N–H and O–H groups in total. The Hall–Kier alpha value is -0.120. The number of halogens is 1. The monoisotopic (exact) mass is 355 g/mol. The average Bonchev–Trinajstić information content (AvgIpc) is 2.57. The summed E-state index contributed by atoms with van der Waals surface area (Å²) in [6.07, 6.45) is 0.456. The molecule has 102 valence electrons. The third-order valence-electron chi connectivity index (χ3n) is 2.71. The van der Waals surface area contributed by atoms with Gasteiger partial charge in [-0.2, -0.15) is 10.6 Å². The Bertz CT molecular complexity index is 529. The summed E-state index contributed by atoms with van der Waals surface area (Å²) in [4.78, 5) is 0.175. The van der Waals surface area contributed by atoms with Crippen LogP contribution < -0.4 is 4.72 Å². The Morgan fingerprint density at radius 2 is 1.89 bits per heavy atom. The maximum Gasteiger partial charge on any atom is 0.240 e. The van der Waals surface area contributed by atoms with E-state index in [1.54, 1.807) is 12.1 Å². The van der Waals surface area contributed by atoms with Crippen molar-refractivity contribution in [1.82, 2.24) is 4.72 Å². The van der Waals surface area contributed by atoms with Crippen molar-refractivity contribution in [1.29, 1.82) is 0 Å². The summed E-state index contributed by atoms with van der Waals surface area (Å²) in [6.45, 7) is 0. The van der Waals surface area contributed by atoms with E-state index in [0.29, 0.717) is 6.42 Å². The van der Waals surface area contributed by atoms with Gasteiger partial charge in [0.25, 0.3) is 0 Å². The Morgan fingerprint density at radius 3 is 2.39 bits per heavy atom. The van der Waals surface area contributed by atoms with Crippen LogP contribution >= 0.6 is 26.5 Å². The first kappa shape index (κ1) is 14.3. The zero-order chi connectivity index (χ0) is 13.4. The Kier molecular flexibility index (Phi) is 4.05. The molecule has 1 aliphatic heterocycles. The highest BCUT2D eigenvalue weighted by atomic mass is 79.9. The van der Waals surface area contributed by atoms with Gasteiger partial charge in [-0.1, -0.05) is 15.9 Å². The molecule has 0 saturated carbocycles. The fourth-order valence-electron chi connectivity index (χ4n) is 1.81. The Morgan fingerprint density at radius 1 is 1.28 bits per heavy atom. The second kappa shape index (κ2) is 5.10. The van der Waals surface area contributed by atoms with E-state index in [1.165, 1.54) is 12.1 Å². The topological polar surface area (TPSA) is 86.6 Å². The molecule has 0 radical (unpaired) electrons. The second-order valence-corrected chi connectivity index (χ2v) is 9.21. The fourth-order valence-corrected chi connectivity index (χ4v) is 5.18. The van der Waals surface area contributed by atoms with Crippen LogP contribution in [0.1, 0.15) is 6.42 Å². The molecule has 1 fully saturated rings. The van der Waals surface area contributed by atoms with Crippen LogP contribution in [0.4, 0.5) is 0 Å². The van der Waals surface area contributed by atoms with E-state index < -0.39 is 26.7 Å². The number of sulfonamides is 1. The van der Waals surface area contributed by atoms with Crippen LogP contribution in [-0.4, -0.2) is 35.1 Å². The minimum absolute atomic E-state index is 0.1000. The normalized spacial score (nSPS) is 24.9. The molecule has 1 aromatic rings. The maximum atomic E-state index is 12.0. The highest BCUT2D eigenvalue weighted by Crippen LogP contribution is 2.45. The van der Waals surface area contributed by atoms with Crippen molar-refractivity contribution < 1.29 is 17.5 Å². The maximum absolute atomic E-state index is 12.0. The van der Waals surface area contributed by atoms with Crippen LogP contribution in [0.5, 0.6) is 0 Å². The van der Waals surface area contributed by atoms with Gasteiger partial charge in [0.05, 0.1) is 10.6 Å². The van der Waals surface area contributed by atoms with Crippen molar-refractivity contribution in [3.63, 3.8) is 0 Å². The minimum Gasteiger partial charge on any atom is -0.299 e. The van der Waals surface area contributed by atoms with Crippen molar-refractivity contribution >= 4 is 36.5 Å². The molecule has 1 atom stereocenters. The van der Waals surface area contributed by atoms with Gasteiger partial charge in [-0.3, -0.25) is 9.11 Å². The first-order valence-corrected chi connectivity index (χ1v) is 9.46. The van der Waals surface area contributed by atoms with Crippen LogP contribution in [-0.2, 0) is 10.0 Å². The summed E-state index contributed by atoms with van der Waals surface area (Å²) in [5.41, 5.74) is 0. The van der Waals surface area contributed by atoms with Crippen LogP contribution in [0, 0.1) is 0 Å². The van der Waals surface area contributed by atoms with Crippen molar-refractivity contribution in [3.05, 3.63) is 28.7 Å².